The van der Waals surface area contributed by atoms with Crippen molar-refractivity contribution in [1.82, 2.24) is 4.72 Å². The number of nitrogens with one attached hydrogen (secondary N) is 1. The molecule has 0 saturated heterocycles. The standard InChI is InChI=1S/C16H18N2O6S2/c1-11-4-7-15(10-16(11)18(19)20)26(23,24)17-12(2)13-5-8-14(9-6-13)25(3,21)22/h4-10,12,17H,1-3H3. The second-order valence-corrected chi connectivity index (χ2v) is 9.62. The maximum Gasteiger partial charge on any atom is 0.273 e. The highest BCUT2D eigenvalue weighted by molar-refractivity contribution is 7.90. The Hall–Kier alpha value is -2.30. The predicted molar refractivity (Wildman–Crippen MR) is 96.1 cm³/mol. The molecular weight excluding hydrogens is 380 g/mol. The Labute approximate surface area is 152 Å². The second-order valence-electron chi connectivity index (χ2n) is 5.89. The van der Waals surface area contributed by atoms with Gasteiger partial charge in [-0.1, -0.05) is 18.2 Å². The predicted octanol–water partition coefficient (Wildman–Crippen LogP) is 2.35. The molecule has 0 saturated carbocycles. The Morgan fingerprint density at radius 1 is 1.00 bits per heavy atom. The van der Waals surface area contributed by atoms with E-state index in [2.05, 4.69) is 4.72 Å². The van der Waals surface area contributed by atoms with Crippen molar-refractivity contribution in [2.75, 3.05) is 6.26 Å². The quantitative estimate of drug-likeness (QED) is 0.588. The van der Waals surface area contributed by atoms with E-state index in [0.717, 1.165) is 12.3 Å². The van der Waals surface area contributed by atoms with Crippen molar-refractivity contribution < 1.29 is 21.8 Å². The molecule has 0 bridgehead atoms. The molecule has 0 heterocycles. The number of benzene rings is 2. The summed E-state index contributed by atoms with van der Waals surface area (Å²) in [5, 5.41) is 11.0. The van der Waals surface area contributed by atoms with E-state index in [1.165, 1.54) is 43.3 Å². The van der Waals surface area contributed by atoms with Crippen LogP contribution in [0.4, 0.5) is 5.69 Å². The third-order valence-electron chi connectivity index (χ3n) is 3.83. The normalized spacial score (nSPS) is 13.3. The van der Waals surface area contributed by atoms with Gasteiger partial charge in [0.25, 0.3) is 5.69 Å². The SMILES string of the molecule is Cc1ccc(S(=O)(=O)NC(C)c2ccc(S(C)(=O)=O)cc2)cc1[N+](=O)[O-]. The van der Waals surface area contributed by atoms with Crippen LogP contribution in [0.3, 0.4) is 0 Å². The molecule has 26 heavy (non-hydrogen) atoms. The topological polar surface area (TPSA) is 123 Å². The van der Waals surface area contributed by atoms with Crippen molar-refractivity contribution >= 4 is 25.5 Å². The van der Waals surface area contributed by atoms with Gasteiger partial charge in [0.05, 0.1) is 14.7 Å². The number of hydrogen-bond donors (Lipinski definition) is 1. The fraction of sp³-hybridized carbons (Fsp3) is 0.250. The Bertz CT molecular complexity index is 1040. The molecule has 1 atom stereocenters. The first-order chi connectivity index (χ1) is 11.9. The zero-order chi connectivity index (χ0) is 19.7. The van der Waals surface area contributed by atoms with E-state index in [-0.39, 0.29) is 15.5 Å². The van der Waals surface area contributed by atoms with Gasteiger partial charge >= 0.3 is 0 Å². The summed E-state index contributed by atoms with van der Waals surface area (Å²) in [6.07, 6.45) is 1.08. The lowest BCUT2D eigenvalue weighted by Crippen LogP contribution is -2.27. The molecule has 2 aromatic carbocycles. The van der Waals surface area contributed by atoms with E-state index in [0.29, 0.717) is 11.1 Å². The van der Waals surface area contributed by atoms with Crippen LogP contribution >= 0.6 is 0 Å². The van der Waals surface area contributed by atoms with Crippen molar-refractivity contribution in [3.05, 3.63) is 63.7 Å². The molecule has 1 N–H and O–H groups in total. The van der Waals surface area contributed by atoms with Crippen LogP contribution in [-0.4, -0.2) is 28.0 Å². The van der Waals surface area contributed by atoms with Gasteiger partial charge in [0, 0.05) is 23.9 Å². The summed E-state index contributed by atoms with van der Waals surface area (Å²) >= 11 is 0. The zero-order valence-corrected chi connectivity index (χ0v) is 16.0. The summed E-state index contributed by atoms with van der Waals surface area (Å²) in [7, 11) is -7.33. The molecule has 140 valence electrons. The number of sulfone groups is 1. The van der Waals surface area contributed by atoms with Crippen molar-refractivity contribution in [3.8, 4) is 0 Å². The van der Waals surface area contributed by atoms with Crippen LogP contribution < -0.4 is 4.72 Å². The van der Waals surface area contributed by atoms with Crippen molar-refractivity contribution in [1.29, 1.82) is 0 Å². The number of nitro benzene ring substituents is 1. The largest absolute Gasteiger partial charge is 0.273 e. The average Bonchev–Trinajstić information content (AvgIpc) is 2.53. The van der Waals surface area contributed by atoms with Crippen molar-refractivity contribution in [2.24, 2.45) is 0 Å². The molecule has 0 aliphatic heterocycles. The minimum absolute atomic E-state index is 0.130. The number of nitrogens with zero attached hydrogens (tertiary/aromatic N) is 1. The number of aryl methyl sites for hydroxylation is 1. The monoisotopic (exact) mass is 398 g/mol. The summed E-state index contributed by atoms with van der Waals surface area (Å²) in [6.45, 7) is 3.11. The summed E-state index contributed by atoms with van der Waals surface area (Å²) in [4.78, 5) is 10.3. The molecule has 0 spiro atoms. The van der Waals surface area contributed by atoms with E-state index in [9.17, 15) is 26.9 Å². The van der Waals surface area contributed by atoms with Crippen LogP contribution in [0, 0.1) is 17.0 Å². The van der Waals surface area contributed by atoms with Gasteiger partial charge < -0.3 is 0 Å². The zero-order valence-electron chi connectivity index (χ0n) is 14.3. The molecule has 1 unspecified atom stereocenters. The lowest BCUT2D eigenvalue weighted by molar-refractivity contribution is -0.385. The lowest BCUT2D eigenvalue weighted by atomic mass is 10.1. The minimum atomic E-state index is -3.99. The van der Waals surface area contributed by atoms with Crippen molar-refractivity contribution in [3.63, 3.8) is 0 Å². The fourth-order valence-electron chi connectivity index (χ4n) is 2.33. The second kappa shape index (κ2) is 7.14. The van der Waals surface area contributed by atoms with Gasteiger partial charge in [-0.15, -0.1) is 0 Å². The highest BCUT2D eigenvalue weighted by atomic mass is 32.2. The molecule has 8 nitrogen and oxygen atoms in total. The van der Waals surface area contributed by atoms with Crippen LogP contribution in [0.2, 0.25) is 0 Å². The first-order valence-corrected chi connectivity index (χ1v) is 10.9. The molecular formula is C16H18N2O6S2. The summed E-state index contributed by atoms with van der Waals surface area (Å²) in [5.74, 6) is 0. The Morgan fingerprint density at radius 3 is 2.04 bits per heavy atom. The van der Waals surface area contributed by atoms with Crippen LogP contribution in [0.1, 0.15) is 24.1 Å². The van der Waals surface area contributed by atoms with Gasteiger partial charge in [0.1, 0.15) is 0 Å². The maximum atomic E-state index is 12.5. The van der Waals surface area contributed by atoms with E-state index < -0.39 is 30.8 Å². The third-order valence-corrected chi connectivity index (χ3v) is 6.49. The van der Waals surface area contributed by atoms with E-state index >= 15 is 0 Å². The molecule has 10 heteroatoms. The molecule has 0 amide bonds. The molecule has 0 aliphatic carbocycles. The van der Waals surface area contributed by atoms with Gasteiger partial charge in [-0.05, 0) is 37.6 Å². The minimum Gasteiger partial charge on any atom is -0.258 e. The van der Waals surface area contributed by atoms with E-state index in [1.807, 2.05) is 0 Å². The highest BCUT2D eigenvalue weighted by Gasteiger charge is 2.22. The number of hydrogen-bond acceptors (Lipinski definition) is 6. The summed E-state index contributed by atoms with van der Waals surface area (Å²) < 4.78 is 50.4. The smallest absolute Gasteiger partial charge is 0.258 e. The van der Waals surface area contributed by atoms with Gasteiger partial charge in [0.15, 0.2) is 9.84 Å². The van der Waals surface area contributed by atoms with Crippen LogP contribution in [-0.2, 0) is 19.9 Å². The first kappa shape index (κ1) is 20.0. The maximum absolute atomic E-state index is 12.5. The highest BCUT2D eigenvalue weighted by Crippen LogP contribution is 2.24. The summed E-state index contributed by atoms with van der Waals surface area (Å²) in [6, 6.07) is 8.84. The van der Waals surface area contributed by atoms with Crippen LogP contribution in [0.15, 0.2) is 52.3 Å². The lowest BCUT2D eigenvalue weighted by Gasteiger charge is -2.15. The molecule has 0 aromatic heterocycles. The molecule has 0 aliphatic rings. The van der Waals surface area contributed by atoms with Gasteiger partial charge in [-0.25, -0.2) is 21.6 Å². The van der Waals surface area contributed by atoms with E-state index in [1.54, 1.807) is 6.92 Å². The molecule has 0 fully saturated rings. The van der Waals surface area contributed by atoms with Crippen molar-refractivity contribution in [2.45, 2.75) is 29.7 Å². The van der Waals surface area contributed by atoms with Gasteiger partial charge in [-0.3, -0.25) is 10.1 Å². The number of sulfonamides is 1. The third kappa shape index (κ3) is 4.45. The Kier molecular flexibility index (Phi) is 5.49. The molecule has 0 radical (unpaired) electrons. The van der Waals surface area contributed by atoms with Gasteiger partial charge in [0.2, 0.25) is 10.0 Å². The number of nitro groups is 1. The Morgan fingerprint density at radius 2 is 1.54 bits per heavy atom. The fourth-order valence-corrected chi connectivity index (χ4v) is 4.21. The number of rotatable bonds is 6. The summed E-state index contributed by atoms with van der Waals surface area (Å²) in [5.41, 5.74) is 0.638. The van der Waals surface area contributed by atoms with Crippen LogP contribution in [0.25, 0.3) is 0 Å². The van der Waals surface area contributed by atoms with E-state index in [4.69, 9.17) is 0 Å². The van der Waals surface area contributed by atoms with Crippen LogP contribution in [0.5, 0.6) is 0 Å². The average molecular weight is 398 g/mol. The first-order valence-electron chi connectivity index (χ1n) is 7.49. The molecule has 2 rings (SSSR count). The van der Waals surface area contributed by atoms with Gasteiger partial charge in [-0.2, -0.15) is 0 Å². The molecule has 2 aromatic rings. The Balaban J connectivity index is 2.29.